The van der Waals surface area contributed by atoms with Crippen LogP contribution in [-0.4, -0.2) is 62.4 Å². The Balaban J connectivity index is 2.06. The highest BCUT2D eigenvalue weighted by atomic mass is 16.5. The Morgan fingerprint density at radius 2 is 1.95 bits per heavy atom. The lowest BCUT2D eigenvalue weighted by molar-refractivity contribution is -0.137. The highest BCUT2D eigenvalue weighted by molar-refractivity contribution is 5.81. The molecule has 1 aliphatic rings. The van der Waals surface area contributed by atoms with E-state index in [-0.39, 0.29) is 11.9 Å². The number of hydrogen-bond donors (Lipinski definition) is 1. The molecule has 1 atom stereocenters. The number of morpholine rings is 1. The fraction of sp³-hybridized carbons (Fsp3) is 0.929. The lowest BCUT2D eigenvalue weighted by Gasteiger charge is -2.29. The van der Waals surface area contributed by atoms with Crippen LogP contribution >= 0.6 is 0 Å². The fourth-order valence-electron chi connectivity index (χ4n) is 2.01. The maximum absolute atomic E-state index is 12.1. The van der Waals surface area contributed by atoms with Gasteiger partial charge in [0, 0.05) is 19.7 Å². The van der Waals surface area contributed by atoms with Crippen LogP contribution in [0.3, 0.4) is 0 Å². The minimum atomic E-state index is -0.107. The van der Waals surface area contributed by atoms with Gasteiger partial charge in [-0.05, 0) is 40.2 Å². The molecule has 0 spiro atoms. The summed E-state index contributed by atoms with van der Waals surface area (Å²) >= 11 is 0. The van der Waals surface area contributed by atoms with E-state index in [1.165, 1.54) is 0 Å². The van der Waals surface area contributed by atoms with Gasteiger partial charge in [0.1, 0.15) is 0 Å². The lowest BCUT2D eigenvalue weighted by atomic mass is 10.2. The Morgan fingerprint density at radius 3 is 2.58 bits per heavy atom. The minimum Gasteiger partial charge on any atom is -0.379 e. The molecular formula is C14H28N2O3. The molecule has 1 rings (SSSR count). The van der Waals surface area contributed by atoms with E-state index in [2.05, 4.69) is 5.32 Å². The second-order valence-corrected chi connectivity index (χ2v) is 5.24. The minimum absolute atomic E-state index is 0.107. The van der Waals surface area contributed by atoms with E-state index in [0.29, 0.717) is 32.4 Å². The van der Waals surface area contributed by atoms with Gasteiger partial charge in [-0.15, -0.1) is 0 Å². The van der Waals surface area contributed by atoms with Gasteiger partial charge >= 0.3 is 0 Å². The monoisotopic (exact) mass is 272 g/mol. The van der Waals surface area contributed by atoms with Crippen molar-refractivity contribution in [1.82, 2.24) is 10.2 Å². The summed E-state index contributed by atoms with van der Waals surface area (Å²) in [7, 11) is 0. The molecule has 0 bridgehead atoms. The Bertz CT molecular complexity index is 253. The van der Waals surface area contributed by atoms with Crippen LogP contribution in [0, 0.1) is 0 Å². The summed E-state index contributed by atoms with van der Waals surface area (Å²) in [5.74, 6) is 0.182. The average Bonchev–Trinajstić information content (AvgIpc) is 2.42. The maximum atomic E-state index is 12.1. The summed E-state index contributed by atoms with van der Waals surface area (Å²) in [6.07, 6.45) is 2.37. The molecular weight excluding hydrogens is 244 g/mol. The molecule has 1 fully saturated rings. The second kappa shape index (κ2) is 9.28. The van der Waals surface area contributed by atoms with Crippen molar-refractivity contribution in [2.75, 3.05) is 39.5 Å². The van der Waals surface area contributed by atoms with Gasteiger partial charge in [0.15, 0.2) is 0 Å². The summed E-state index contributed by atoms with van der Waals surface area (Å²) in [4.78, 5) is 14.0. The van der Waals surface area contributed by atoms with Crippen LogP contribution in [0.4, 0.5) is 0 Å². The summed E-state index contributed by atoms with van der Waals surface area (Å²) in [6.45, 7) is 10.4. The molecule has 19 heavy (non-hydrogen) atoms. The Labute approximate surface area is 116 Å². The third-order valence-corrected chi connectivity index (χ3v) is 3.17. The quantitative estimate of drug-likeness (QED) is 0.671. The molecule has 1 unspecified atom stereocenters. The number of amides is 1. The molecule has 0 radical (unpaired) electrons. The maximum Gasteiger partial charge on any atom is 0.239 e. The van der Waals surface area contributed by atoms with E-state index in [4.69, 9.17) is 9.47 Å². The van der Waals surface area contributed by atoms with Crippen molar-refractivity contribution >= 4 is 5.91 Å². The molecule has 1 saturated heterocycles. The standard InChI is InChI=1S/C14H28N2O3/c1-12(2)19-9-5-4-6-15-13(3)14(17)16-7-10-18-11-8-16/h12-13,15H,4-11H2,1-3H3. The number of ether oxygens (including phenoxy) is 2. The van der Waals surface area contributed by atoms with Crippen LogP contribution in [0.1, 0.15) is 33.6 Å². The van der Waals surface area contributed by atoms with Crippen molar-refractivity contribution in [1.29, 1.82) is 0 Å². The number of unbranched alkanes of at least 4 members (excludes halogenated alkanes) is 1. The number of hydrogen-bond acceptors (Lipinski definition) is 4. The summed E-state index contributed by atoms with van der Waals surface area (Å²) in [5, 5.41) is 3.28. The van der Waals surface area contributed by atoms with E-state index in [9.17, 15) is 4.79 Å². The van der Waals surface area contributed by atoms with Crippen molar-refractivity contribution < 1.29 is 14.3 Å². The van der Waals surface area contributed by atoms with Crippen LogP contribution in [-0.2, 0) is 14.3 Å². The van der Waals surface area contributed by atoms with Gasteiger partial charge < -0.3 is 19.7 Å². The van der Waals surface area contributed by atoms with Gasteiger partial charge in [-0.25, -0.2) is 0 Å². The zero-order valence-corrected chi connectivity index (χ0v) is 12.5. The smallest absolute Gasteiger partial charge is 0.239 e. The molecule has 0 aromatic carbocycles. The number of rotatable bonds is 8. The van der Waals surface area contributed by atoms with Crippen molar-refractivity contribution in [2.45, 2.75) is 45.8 Å². The first kappa shape index (κ1) is 16.4. The number of nitrogens with one attached hydrogen (secondary N) is 1. The Hall–Kier alpha value is -0.650. The highest BCUT2D eigenvalue weighted by Gasteiger charge is 2.21. The molecule has 0 aromatic heterocycles. The predicted octanol–water partition coefficient (Wildman–Crippen LogP) is 1.03. The Kier molecular flexibility index (Phi) is 8.02. The van der Waals surface area contributed by atoms with E-state index in [0.717, 1.165) is 26.0 Å². The highest BCUT2D eigenvalue weighted by Crippen LogP contribution is 2.01. The number of carbonyl (C=O) groups is 1. The first-order valence-electron chi connectivity index (χ1n) is 7.32. The zero-order chi connectivity index (χ0) is 14.1. The summed E-state index contributed by atoms with van der Waals surface area (Å²) in [6, 6.07) is -0.107. The van der Waals surface area contributed by atoms with Crippen molar-refractivity contribution in [3.8, 4) is 0 Å². The molecule has 0 saturated carbocycles. The molecule has 5 heteroatoms. The van der Waals surface area contributed by atoms with Crippen molar-refractivity contribution in [3.63, 3.8) is 0 Å². The van der Waals surface area contributed by atoms with Crippen LogP contribution in [0.25, 0.3) is 0 Å². The molecule has 1 aliphatic heterocycles. The third kappa shape index (κ3) is 6.89. The van der Waals surface area contributed by atoms with E-state index in [1.807, 2.05) is 25.7 Å². The SMILES string of the molecule is CC(C)OCCCCNC(C)C(=O)N1CCOCC1. The fourth-order valence-corrected chi connectivity index (χ4v) is 2.01. The third-order valence-electron chi connectivity index (χ3n) is 3.17. The first-order chi connectivity index (χ1) is 9.11. The Morgan fingerprint density at radius 1 is 1.26 bits per heavy atom. The molecule has 1 heterocycles. The number of carbonyl (C=O) groups excluding carboxylic acids is 1. The summed E-state index contributed by atoms with van der Waals surface area (Å²) < 4.78 is 10.7. The normalized spacial score (nSPS) is 17.8. The lowest BCUT2D eigenvalue weighted by Crippen LogP contribution is -2.49. The predicted molar refractivity (Wildman–Crippen MR) is 75.2 cm³/mol. The van der Waals surface area contributed by atoms with Gasteiger partial charge in [-0.3, -0.25) is 4.79 Å². The van der Waals surface area contributed by atoms with Crippen LogP contribution in [0.5, 0.6) is 0 Å². The van der Waals surface area contributed by atoms with E-state index < -0.39 is 0 Å². The molecule has 5 nitrogen and oxygen atoms in total. The summed E-state index contributed by atoms with van der Waals surface area (Å²) in [5.41, 5.74) is 0. The average molecular weight is 272 g/mol. The molecule has 1 amide bonds. The first-order valence-corrected chi connectivity index (χ1v) is 7.32. The van der Waals surface area contributed by atoms with Gasteiger partial charge in [0.25, 0.3) is 0 Å². The molecule has 1 N–H and O–H groups in total. The van der Waals surface area contributed by atoms with Gasteiger partial charge in [-0.2, -0.15) is 0 Å². The van der Waals surface area contributed by atoms with Crippen LogP contribution in [0.15, 0.2) is 0 Å². The van der Waals surface area contributed by atoms with Crippen LogP contribution in [0.2, 0.25) is 0 Å². The molecule has 0 aliphatic carbocycles. The number of nitrogens with zero attached hydrogens (tertiary/aromatic N) is 1. The molecule has 112 valence electrons. The van der Waals surface area contributed by atoms with E-state index >= 15 is 0 Å². The topological polar surface area (TPSA) is 50.8 Å². The van der Waals surface area contributed by atoms with Gasteiger partial charge in [0.2, 0.25) is 5.91 Å². The van der Waals surface area contributed by atoms with E-state index in [1.54, 1.807) is 0 Å². The van der Waals surface area contributed by atoms with Crippen LogP contribution < -0.4 is 5.32 Å². The largest absolute Gasteiger partial charge is 0.379 e. The zero-order valence-electron chi connectivity index (χ0n) is 12.5. The van der Waals surface area contributed by atoms with Gasteiger partial charge in [0.05, 0.1) is 25.4 Å². The van der Waals surface area contributed by atoms with Crippen molar-refractivity contribution in [3.05, 3.63) is 0 Å². The van der Waals surface area contributed by atoms with Gasteiger partial charge in [-0.1, -0.05) is 0 Å². The molecule has 0 aromatic rings. The van der Waals surface area contributed by atoms with Crippen molar-refractivity contribution in [2.24, 2.45) is 0 Å². The second-order valence-electron chi connectivity index (χ2n) is 5.24.